The third-order valence-electron chi connectivity index (χ3n) is 3.00. The number of hydrogen-bond donors (Lipinski definition) is 2. The van der Waals surface area contributed by atoms with E-state index in [1.54, 1.807) is 0 Å². The average molecular weight is 220 g/mol. The number of amides is 1. The van der Waals surface area contributed by atoms with Crippen LogP contribution in [0.15, 0.2) is 0 Å². The molecule has 0 saturated carbocycles. The Labute approximate surface area is 90.8 Å². The molecule has 2 rings (SSSR count). The number of carbonyl (C=O) groups is 1. The van der Waals surface area contributed by atoms with E-state index in [2.05, 4.69) is 15.5 Å². The number of nitrogens with zero attached hydrogens (tertiary/aromatic N) is 1. The lowest BCUT2D eigenvalue weighted by Crippen LogP contribution is -2.61. The minimum Gasteiger partial charge on any atom is -0.355 e. The first kappa shape index (κ1) is 11.8. The maximum Gasteiger partial charge on any atom is 0.237 e. The van der Waals surface area contributed by atoms with Crippen molar-refractivity contribution in [1.82, 2.24) is 15.5 Å². The zero-order chi connectivity index (χ0) is 9.26. The smallest absolute Gasteiger partial charge is 0.237 e. The van der Waals surface area contributed by atoms with Crippen LogP contribution in [0.1, 0.15) is 13.3 Å². The summed E-state index contributed by atoms with van der Waals surface area (Å²) in [5.41, 5.74) is 0. The van der Waals surface area contributed by atoms with Crippen LogP contribution in [0, 0.1) is 0 Å². The van der Waals surface area contributed by atoms with Gasteiger partial charge in [-0.25, -0.2) is 0 Å². The molecule has 1 atom stereocenters. The maximum absolute atomic E-state index is 11.5. The monoisotopic (exact) mass is 219 g/mol. The second-order valence-electron chi connectivity index (χ2n) is 3.87. The summed E-state index contributed by atoms with van der Waals surface area (Å²) >= 11 is 0. The van der Waals surface area contributed by atoms with Gasteiger partial charge in [-0.3, -0.25) is 9.69 Å². The molecule has 14 heavy (non-hydrogen) atoms. The Bertz CT molecular complexity index is 208. The summed E-state index contributed by atoms with van der Waals surface area (Å²) in [4.78, 5) is 13.8. The molecule has 4 nitrogen and oxygen atoms in total. The molecule has 0 aliphatic carbocycles. The molecule has 2 aliphatic heterocycles. The molecule has 0 aromatic heterocycles. The molecule has 82 valence electrons. The molecule has 1 unspecified atom stereocenters. The predicted molar refractivity (Wildman–Crippen MR) is 57.7 cm³/mol. The first-order chi connectivity index (χ1) is 6.29. The third kappa shape index (κ3) is 2.19. The standard InChI is InChI=1S/C9H17N3O.ClH/c1-7-9(13)11-3-2-4-12(7)8-5-10-6-8;/h7-8,10H,2-6H2,1H3,(H,11,13);1H. The van der Waals surface area contributed by atoms with Gasteiger partial charge in [0.1, 0.15) is 0 Å². The van der Waals surface area contributed by atoms with Crippen LogP contribution in [0.4, 0.5) is 0 Å². The van der Waals surface area contributed by atoms with Gasteiger partial charge < -0.3 is 10.6 Å². The fourth-order valence-electron chi connectivity index (χ4n) is 1.97. The summed E-state index contributed by atoms with van der Waals surface area (Å²) in [7, 11) is 0. The van der Waals surface area contributed by atoms with Gasteiger partial charge in [0.2, 0.25) is 5.91 Å². The third-order valence-corrected chi connectivity index (χ3v) is 3.00. The highest BCUT2D eigenvalue weighted by Gasteiger charge is 2.32. The fourth-order valence-corrected chi connectivity index (χ4v) is 1.97. The summed E-state index contributed by atoms with van der Waals surface area (Å²) in [5.74, 6) is 0.185. The predicted octanol–water partition coefficient (Wildman–Crippen LogP) is -0.410. The molecule has 0 aromatic rings. The molecule has 2 fully saturated rings. The molecule has 2 heterocycles. The molecule has 5 heteroatoms. The Kier molecular flexibility index (Phi) is 4.16. The van der Waals surface area contributed by atoms with E-state index >= 15 is 0 Å². The first-order valence-electron chi connectivity index (χ1n) is 5.03. The van der Waals surface area contributed by atoms with E-state index in [0.29, 0.717) is 6.04 Å². The van der Waals surface area contributed by atoms with E-state index in [0.717, 1.165) is 32.6 Å². The molecule has 2 aliphatic rings. The number of nitrogens with one attached hydrogen (secondary N) is 2. The molecule has 2 N–H and O–H groups in total. The molecule has 1 amide bonds. The largest absolute Gasteiger partial charge is 0.355 e. The number of hydrogen-bond acceptors (Lipinski definition) is 3. The molecular weight excluding hydrogens is 202 g/mol. The van der Waals surface area contributed by atoms with Crippen molar-refractivity contribution in [3.8, 4) is 0 Å². The second-order valence-corrected chi connectivity index (χ2v) is 3.87. The summed E-state index contributed by atoms with van der Waals surface area (Å²) in [6, 6.07) is 0.633. The van der Waals surface area contributed by atoms with Crippen molar-refractivity contribution >= 4 is 18.3 Å². The fraction of sp³-hybridized carbons (Fsp3) is 0.889. The van der Waals surface area contributed by atoms with Crippen molar-refractivity contribution in [2.75, 3.05) is 26.2 Å². The van der Waals surface area contributed by atoms with E-state index in [9.17, 15) is 4.79 Å². The Morgan fingerprint density at radius 3 is 2.71 bits per heavy atom. The lowest BCUT2D eigenvalue weighted by atomic mass is 10.1. The van der Waals surface area contributed by atoms with Crippen molar-refractivity contribution in [3.63, 3.8) is 0 Å². The SMILES string of the molecule is CC1C(=O)NCCCN1C1CNC1.Cl. The normalized spacial score (nSPS) is 29.8. The van der Waals surface area contributed by atoms with Gasteiger partial charge in [-0.05, 0) is 13.3 Å². The van der Waals surface area contributed by atoms with Gasteiger partial charge >= 0.3 is 0 Å². The van der Waals surface area contributed by atoms with E-state index < -0.39 is 0 Å². The van der Waals surface area contributed by atoms with Crippen molar-refractivity contribution in [3.05, 3.63) is 0 Å². The second kappa shape index (κ2) is 4.96. The molecule has 0 aromatic carbocycles. The number of carbonyl (C=O) groups excluding carboxylic acids is 1. The van der Waals surface area contributed by atoms with Crippen LogP contribution < -0.4 is 10.6 Å². The van der Waals surface area contributed by atoms with Gasteiger partial charge in [0, 0.05) is 32.2 Å². The van der Waals surface area contributed by atoms with Gasteiger partial charge in [-0.1, -0.05) is 0 Å². The molecule has 0 bridgehead atoms. The van der Waals surface area contributed by atoms with Crippen LogP contribution in [0.25, 0.3) is 0 Å². The lowest BCUT2D eigenvalue weighted by Gasteiger charge is -2.40. The Morgan fingerprint density at radius 1 is 1.43 bits per heavy atom. The minimum absolute atomic E-state index is 0. The summed E-state index contributed by atoms with van der Waals surface area (Å²) < 4.78 is 0. The summed E-state index contributed by atoms with van der Waals surface area (Å²) in [5, 5.41) is 6.17. The van der Waals surface area contributed by atoms with Gasteiger partial charge in [-0.15, -0.1) is 12.4 Å². The topological polar surface area (TPSA) is 44.4 Å². The van der Waals surface area contributed by atoms with Gasteiger partial charge in [0.25, 0.3) is 0 Å². The highest BCUT2D eigenvalue weighted by molar-refractivity contribution is 5.85. The molecule has 0 radical (unpaired) electrons. The zero-order valence-electron chi connectivity index (χ0n) is 8.45. The molecular formula is C9H18ClN3O. The number of rotatable bonds is 1. The van der Waals surface area contributed by atoms with Crippen LogP contribution in [-0.4, -0.2) is 49.1 Å². The zero-order valence-corrected chi connectivity index (χ0v) is 9.27. The quantitative estimate of drug-likeness (QED) is 0.631. The summed E-state index contributed by atoms with van der Waals surface area (Å²) in [6.07, 6.45) is 1.08. The first-order valence-corrected chi connectivity index (χ1v) is 5.03. The van der Waals surface area contributed by atoms with Crippen LogP contribution >= 0.6 is 12.4 Å². The van der Waals surface area contributed by atoms with Crippen molar-refractivity contribution in [2.45, 2.75) is 25.4 Å². The lowest BCUT2D eigenvalue weighted by molar-refractivity contribution is -0.126. The van der Waals surface area contributed by atoms with Gasteiger partial charge in [0.15, 0.2) is 0 Å². The maximum atomic E-state index is 11.5. The average Bonchev–Trinajstić information content (AvgIpc) is 2.17. The van der Waals surface area contributed by atoms with E-state index in [-0.39, 0.29) is 24.4 Å². The highest BCUT2D eigenvalue weighted by atomic mass is 35.5. The van der Waals surface area contributed by atoms with Crippen LogP contribution in [0.3, 0.4) is 0 Å². The van der Waals surface area contributed by atoms with Crippen molar-refractivity contribution in [2.24, 2.45) is 0 Å². The van der Waals surface area contributed by atoms with Crippen molar-refractivity contribution in [1.29, 1.82) is 0 Å². The Hall–Kier alpha value is -0.320. The van der Waals surface area contributed by atoms with E-state index in [4.69, 9.17) is 0 Å². The van der Waals surface area contributed by atoms with Gasteiger partial charge in [0.05, 0.1) is 6.04 Å². The Morgan fingerprint density at radius 2 is 2.14 bits per heavy atom. The minimum atomic E-state index is 0. The van der Waals surface area contributed by atoms with Crippen LogP contribution in [-0.2, 0) is 4.79 Å². The van der Waals surface area contributed by atoms with Crippen LogP contribution in [0.5, 0.6) is 0 Å². The molecule has 0 spiro atoms. The van der Waals surface area contributed by atoms with E-state index in [1.165, 1.54) is 0 Å². The summed E-state index contributed by atoms with van der Waals surface area (Å²) in [6.45, 7) is 5.96. The molecule has 2 saturated heterocycles. The number of halogens is 1. The Balaban J connectivity index is 0.000000980. The highest BCUT2D eigenvalue weighted by Crippen LogP contribution is 2.12. The van der Waals surface area contributed by atoms with Crippen LogP contribution in [0.2, 0.25) is 0 Å². The van der Waals surface area contributed by atoms with Gasteiger partial charge in [-0.2, -0.15) is 0 Å². The van der Waals surface area contributed by atoms with Crippen molar-refractivity contribution < 1.29 is 4.79 Å². The van der Waals surface area contributed by atoms with E-state index in [1.807, 2.05) is 6.92 Å².